The maximum Gasteiger partial charge on any atom is 0.339 e. The summed E-state index contributed by atoms with van der Waals surface area (Å²) < 4.78 is 0. The van der Waals surface area contributed by atoms with Crippen LogP contribution >= 0.6 is 0 Å². The van der Waals surface area contributed by atoms with Crippen molar-refractivity contribution in [2.75, 3.05) is 18.0 Å². The Bertz CT molecular complexity index is 619. The molecule has 4 nitrogen and oxygen atoms in total. The molecule has 1 N–H and O–H groups in total. The Balaban J connectivity index is 2.84. The molecule has 0 saturated carbocycles. The minimum absolute atomic E-state index is 0.266. The number of aromatic nitrogens is 1. The summed E-state index contributed by atoms with van der Waals surface area (Å²) >= 11 is 0. The molecule has 0 spiro atoms. The number of pyridine rings is 1. The van der Waals surface area contributed by atoms with Crippen LogP contribution in [0, 0.1) is 6.92 Å². The van der Waals surface area contributed by atoms with Crippen molar-refractivity contribution in [3.63, 3.8) is 0 Å². The Morgan fingerprint density at radius 3 is 2.58 bits per heavy atom. The van der Waals surface area contributed by atoms with Gasteiger partial charge in [0.15, 0.2) is 0 Å². The zero-order valence-electron chi connectivity index (χ0n) is 11.5. The number of carboxylic acid groups (broad SMARTS) is 1. The molecule has 0 amide bonds. The molecule has 1 aromatic heterocycles. The first-order valence-corrected chi connectivity index (χ1v) is 6.46. The standard InChI is InChI=1S/C15H18N2O2/c1-4-17(5-2)14-11-8-6-7-10(3)13(11)16-9-12(14)15(18)19/h6-9H,4-5H2,1-3H3,(H,18,19). The topological polar surface area (TPSA) is 53.4 Å². The maximum absolute atomic E-state index is 11.4. The molecule has 0 aliphatic heterocycles. The van der Waals surface area contributed by atoms with Crippen LogP contribution in [0.4, 0.5) is 5.69 Å². The van der Waals surface area contributed by atoms with Crippen molar-refractivity contribution >= 4 is 22.6 Å². The summed E-state index contributed by atoms with van der Waals surface area (Å²) in [7, 11) is 0. The average molecular weight is 258 g/mol. The molecule has 19 heavy (non-hydrogen) atoms. The maximum atomic E-state index is 11.4. The summed E-state index contributed by atoms with van der Waals surface area (Å²) in [6.45, 7) is 7.57. The number of rotatable bonds is 4. The quantitative estimate of drug-likeness (QED) is 0.915. The van der Waals surface area contributed by atoms with E-state index < -0.39 is 5.97 Å². The first-order chi connectivity index (χ1) is 9.10. The van der Waals surface area contributed by atoms with Crippen LogP contribution in [-0.4, -0.2) is 29.1 Å². The highest BCUT2D eigenvalue weighted by molar-refractivity contribution is 6.05. The Labute approximate surface area is 112 Å². The Morgan fingerprint density at radius 1 is 1.32 bits per heavy atom. The number of benzene rings is 1. The van der Waals surface area contributed by atoms with Gasteiger partial charge in [0.2, 0.25) is 0 Å². The first kappa shape index (κ1) is 13.3. The van der Waals surface area contributed by atoms with Crippen molar-refractivity contribution < 1.29 is 9.90 Å². The van der Waals surface area contributed by atoms with Crippen LogP contribution in [0.2, 0.25) is 0 Å². The van der Waals surface area contributed by atoms with Crippen LogP contribution < -0.4 is 4.90 Å². The number of aromatic carboxylic acids is 1. The number of hydrogen-bond acceptors (Lipinski definition) is 3. The first-order valence-electron chi connectivity index (χ1n) is 6.46. The van der Waals surface area contributed by atoms with Gasteiger partial charge in [-0.1, -0.05) is 18.2 Å². The van der Waals surface area contributed by atoms with E-state index in [1.165, 1.54) is 6.20 Å². The van der Waals surface area contributed by atoms with Gasteiger partial charge >= 0.3 is 5.97 Å². The van der Waals surface area contributed by atoms with Crippen molar-refractivity contribution in [1.29, 1.82) is 0 Å². The van der Waals surface area contributed by atoms with Gasteiger partial charge < -0.3 is 10.0 Å². The predicted octanol–water partition coefficient (Wildman–Crippen LogP) is 3.09. The molecule has 2 aromatic rings. The van der Waals surface area contributed by atoms with Gasteiger partial charge in [0.1, 0.15) is 5.56 Å². The number of para-hydroxylation sites is 1. The number of aryl methyl sites for hydroxylation is 1. The number of fused-ring (bicyclic) bond motifs is 1. The van der Waals surface area contributed by atoms with Crippen LogP contribution in [-0.2, 0) is 0 Å². The normalized spacial score (nSPS) is 10.7. The van der Waals surface area contributed by atoms with Gasteiger partial charge in [0.05, 0.1) is 11.2 Å². The fourth-order valence-electron chi connectivity index (χ4n) is 2.39. The SMILES string of the molecule is CCN(CC)c1c(C(=O)O)cnc2c(C)cccc12. The molecule has 1 aromatic carbocycles. The smallest absolute Gasteiger partial charge is 0.339 e. The number of carbonyl (C=O) groups is 1. The molecule has 100 valence electrons. The second-order valence-electron chi connectivity index (χ2n) is 4.47. The molecule has 0 atom stereocenters. The van der Waals surface area contributed by atoms with Gasteiger partial charge in [-0.25, -0.2) is 4.79 Å². The van der Waals surface area contributed by atoms with Crippen molar-refractivity contribution in [1.82, 2.24) is 4.98 Å². The monoisotopic (exact) mass is 258 g/mol. The summed E-state index contributed by atoms with van der Waals surface area (Å²) in [5.74, 6) is -0.933. The highest BCUT2D eigenvalue weighted by Gasteiger charge is 2.18. The van der Waals surface area contributed by atoms with Gasteiger partial charge in [-0.3, -0.25) is 4.98 Å². The summed E-state index contributed by atoms with van der Waals surface area (Å²) in [5, 5.41) is 10.3. The minimum Gasteiger partial charge on any atom is -0.478 e. The van der Waals surface area contributed by atoms with E-state index >= 15 is 0 Å². The molecule has 1 heterocycles. The Hall–Kier alpha value is -2.10. The van der Waals surface area contributed by atoms with Crippen molar-refractivity contribution in [3.8, 4) is 0 Å². The van der Waals surface area contributed by atoms with Gasteiger partial charge in [0, 0.05) is 24.7 Å². The lowest BCUT2D eigenvalue weighted by atomic mass is 10.0. The van der Waals surface area contributed by atoms with Gasteiger partial charge in [-0.15, -0.1) is 0 Å². The molecule has 0 unspecified atom stereocenters. The highest BCUT2D eigenvalue weighted by Crippen LogP contribution is 2.30. The van der Waals surface area contributed by atoms with Crippen molar-refractivity contribution in [3.05, 3.63) is 35.5 Å². The van der Waals surface area contributed by atoms with Gasteiger partial charge in [-0.2, -0.15) is 0 Å². The molecule has 0 aliphatic carbocycles. The van der Waals surface area contributed by atoms with Gasteiger partial charge in [0.25, 0.3) is 0 Å². The van der Waals surface area contributed by atoms with Crippen LogP contribution in [0.15, 0.2) is 24.4 Å². The summed E-state index contributed by atoms with van der Waals surface area (Å²) in [6, 6.07) is 5.87. The van der Waals surface area contributed by atoms with E-state index in [0.717, 1.165) is 35.2 Å². The average Bonchev–Trinajstić information content (AvgIpc) is 2.40. The summed E-state index contributed by atoms with van der Waals surface area (Å²) in [6.07, 6.45) is 1.46. The number of hydrogen-bond donors (Lipinski definition) is 1. The van der Waals surface area contributed by atoms with Crippen LogP contribution in [0.25, 0.3) is 10.9 Å². The zero-order valence-corrected chi connectivity index (χ0v) is 11.5. The molecule has 0 aliphatic rings. The zero-order chi connectivity index (χ0) is 14.0. The summed E-state index contributed by atoms with van der Waals surface area (Å²) in [5.41, 5.74) is 2.96. The Morgan fingerprint density at radius 2 is 2.00 bits per heavy atom. The summed E-state index contributed by atoms with van der Waals surface area (Å²) in [4.78, 5) is 17.8. The van der Waals surface area contributed by atoms with E-state index in [2.05, 4.69) is 9.88 Å². The lowest BCUT2D eigenvalue weighted by Gasteiger charge is -2.24. The molecule has 0 saturated heterocycles. The second-order valence-corrected chi connectivity index (χ2v) is 4.47. The third kappa shape index (κ3) is 2.26. The van der Waals surface area contributed by atoms with Gasteiger partial charge in [-0.05, 0) is 26.3 Å². The van der Waals surface area contributed by atoms with Crippen molar-refractivity contribution in [2.24, 2.45) is 0 Å². The third-order valence-electron chi connectivity index (χ3n) is 3.38. The molecule has 0 fully saturated rings. The third-order valence-corrected chi connectivity index (χ3v) is 3.38. The minimum atomic E-state index is -0.933. The number of anilines is 1. The highest BCUT2D eigenvalue weighted by atomic mass is 16.4. The van der Waals surface area contributed by atoms with E-state index in [1.54, 1.807) is 0 Å². The molecule has 2 rings (SSSR count). The van der Waals surface area contributed by atoms with Crippen LogP contribution in [0.3, 0.4) is 0 Å². The second kappa shape index (κ2) is 5.26. The van der Waals surface area contributed by atoms with E-state index in [4.69, 9.17) is 0 Å². The van der Waals surface area contributed by atoms with Crippen LogP contribution in [0.5, 0.6) is 0 Å². The number of nitrogens with zero attached hydrogens (tertiary/aromatic N) is 2. The fraction of sp³-hybridized carbons (Fsp3) is 0.333. The van der Waals surface area contributed by atoms with Crippen molar-refractivity contribution in [2.45, 2.75) is 20.8 Å². The predicted molar refractivity (Wildman–Crippen MR) is 77.0 cm³/mol. The molecular weight excluding hydrogens is 240 g/mol. The van der Waals surface area contributed by atoms with E-state index in [9.17, 15) is 9.90 Å². The lowest BCUT2D eigenvalue weighted by Crippen LogP contribution is -2.24. The molecule has 4 heteroatoms. The number of carboxylic acids is 1. The molecule has 0 radical (unpaired) electrons. The largest absolute Gasteiger partial charge is 0.478 e. The molecule has 0 bridgehead atoms. The van der Waals surface area contributed by atoms with E-state index in [-0.39, 0.29) is 5.56 Å². The molecular formula is C15H18N2O2. The lowest BCUT2D eigenvalue weighted by molar-refractivity contribution is 0.0697. The van der Waals surface area contributed by atoms with E-state index in [0.29, 0.717) is 0 Å². The van der Waals surface area contributed by atoms with E-state index in [1.807, 2.05) is 39.0 Å². The Kier molecular flexibility index (Phi) is 3.69. The fourth-order valence-corrected chi connectivity index (χ4v) is 2.39. The van der Waals surface area contributed by atoms with Crippen LogP contribution in [0.1, 0.15) is 29.8 Å².